The summed E-state index contributed by atoms with van der Waals surface area (Å²) in [4.78, 5) is 32.0. The lowest BCUT2D eigenvalue weighted by molar-refractivity contribution is -0.0928. The van der Waals surface area contributed by atoms with Gasteiger partial charge in [-0.1, -0.05) is 134 Å². The van der Waals surface area contributed by atoms with E-state index in [2.05, 4.69) is 150 Å². The monoisotopic (exact) mass is 892 g/mol. The molecular formula is C60H49FN4O3. The minimum atomic E-state index is -1.23. The van der Waals surface area contributed by atoms with Crippen molar-refractivity contribution in [3.8, 4) is 44.5 Å². The van der Waals surface area contributed by atoms with E-state index in [1.165, 1.54) is 24.3 Å². The molecule has 1 aliphatic carbocycles. The number of hydrogen-bond acceptors (Lipinski definition) is 5. The molecule has 8 bridgehead atoms. The number of aromatic amines is 2. The number of benzene rings is 5. The van der Waals surface area contributed by atoms with Crippen LogP contribution in [0.4, 0.5) is 4.39 Å². The van der Waals surface area contributed by atoms with Crippen LogP contribution in [0.1, 0.15) is 71.7 Å². The van der Waals surface area contributed by atoms with E-state index in [0.29, 0.717) is 19.3 Å². The predicted octanol–water partition coefficient (Wildman–Crippen LogP) is 14.4. The zero-order chi connectivity index (χ0) is 46.0. The van der Waals surface area contributed by atoms with Crippen LogP contribution in [0, 0.1) is 11.7 Å². The molecule has 3 aromatic heterocycles. The molecule has 334 valence electrons. The Kier molecular flexibility index (Phi) is 11.5. The Morgan fingerprint density at radius 2 is 1.06 bits per heavy atom. The van der Waals surface area contributed by atoms with Gasteiger partial charge in [-0.15, -0.1) is 0 Å². The van der Waals surface area contributed by atoms with Gasteiger partial charge < -0.3 is 19.8 Å². The van der Waals surface area contributed by atoms with Crippen molar-refractivity contribution >= 4 is 51.8 Å². The van der Waals surface area contributed by atoms with Crippen LogP contribution in [0.2, 0.25) is 0 Å². The molecule has 3 N–H and O–H groups in total. The summed E-state index contributed by atoms with van der Waals surface area (Å²) in [5.74, 6) is -1.16. The highest BCUT2D eigenvalue weighted by atomic mass is 19.1. The summed E-state index contributed by atoms with van der Waals surface area (Å²) in [6.45, 7) is -0.138. The van der Waals surface area contributed by atoms with Crippen LogP contribution < -0.4 is 0 Å². The molecule has 1 saturated carbocycles. The highest BCUT2D eigenvalue weighted by Gasteiger charge is 2.40. The summed E-state index contributed by atoms with van der Waals surface area (Å²) >= 11 is 0. The van der Waals surface area contributed by atoms with Gasteiger partial charge in [0.15, 0.2) is 0 Å². The van der Waals surface area contributed by atoms with E-state index in [4.69, 9.17) is 14.7 Å². The molecule has 1 fully saturated rings. The van der Waals surface area contributed by atoms with Gasteiger partial charge in [0.05, 0.1) is 28.3 Å². The minimum absolute atomic E-state index is 0.138. The number of aromatic nitrogens is 4. The molecule has 0 unspecified atom stereocenters. The van der Waals surface area contributed by atoms with E-state index in [0.717, 1.165) is 114 Å². The lowest BCUT2D eigenvalue weighted by atomic mass is 9.73. The fourth-order valence-corrected chi connectivity index (χ4v) is 10.3. The number of H-pyrrole nitrogens is 2. The topological polar surface area (TPSA) is 104 Å². The van der Waals surface area contributed by atoms with Gasteiger partial charge in [0.1, 0.15) is 18.0 Å². The lowest BCUT2D eigenvalue weighted by Crippen LogP contribution is -2.45. The number of ether oxygens (including phenoxy) is 1. The van der Waals surface area contributed by atoms with E-state index < -0.39 is 17.4 Å². The van der Waals surface area contributed by atoms with E-state index in [1.807, 2.05) is 24.3 Å². The van der Waals surface area contributed by atoms with Crippen molar-refractivity contribution in [1.82, 2.24) is 19.9 Å². The Bertz CT molecular complexity index is 3380. The Hall–Kier alpha value is -7.94. The van der Waals surface area contributed by atoms with Gasteiger partial charge >= 0.3 is 5.97 Å². The van der Waals surface area contributed by atoms with Crippen molar-refractivity contribution in [3.63, 3.8) is 0 Å². The van der Waals surface area contributed by atoms with Crippen LogP contribution in [0.15, 0.2) is 170 Å². The predicted molar refractivity (Wildman–Crippen MR) is 272 cm³/mol. The highest BCUT2D eigenvalue weighted by molar-refractivity contribution is 6.02. The number of carbonyl (C=O) groups is 1. The number of hydrogen-bond donors (Lipinski definition) is 3. The molecule has 11 rings (SSSR count). The normalized spacial score (nSPS) is 16.6. The molecule has 0 radical (unpaired) electrons. The molecule has 0 amide bonds. The third-order valence-corrected chi connectivity index (χ3v) is 13.7. The number of nitrogens with one attached hydrogen (secondary N) is 2. The second-order valence-corrected chi connectivity index (χ2v) is 17.9. The van der Waals surface area contributed by atoms with Crippen LogP contribution in [0.3, 0.4) is 0 Å². The molecule has 0 spiro atoms. The molecular weight excluding hydrogens is 844 g/mol. The van der Waals surface area contributed by atoms with Crippen molar-refractivity contribution in [3.05, 3.63) is 204 Å². The third kappa shape index (κ3) is 8.39. The number of fused-ring (bicyclic) bond motifs is 8. The van der Waals surface area contributed by atoms with Crippen molar-refractivity contribution in [2.45, 2.75) is 44.1 Å². The van der Waals surface area contributed by atoms with E-state index in [9.17, 15) is 14.3 Å². The number of esters is 1. The highest BCUT2D eigenvalue weighted by Crippen LogP contribution is 2.44. The second kappa shape index (κ2) is 18.4. The van der Waals surface area contributed by atoms with Crippen molar-refractivity contribution in [1.29, 1.82) is 0 Å². The SMILES string of the molecule is O=C(OC[C@]1(O)CCCC[C@@H]1CCC1=Cc2nc1c(-c1ccccc1)c1ccc([nH]1)c(-c1ccccc1)c1nc(c(-c3ccccc3)c3ccc([nH]3)c2-c2ccccc2)C=C1)c1ccc(F)cc1. The maximum absolute atomic E-state index is 13.7. The number of rotatable bonds is 10. The number of nitrogens with zero attached hydrogens (tertiary/aromatic N) is 2. The van der Waals surface area contributed by atoms with Crippen molar-refractivity contribution in [2.75, 3.05) is 6.61 Å². The quantitative estimate of drug-likeness (QED) is 0.119. The van der Waals surface area contributed by atoms with Gasteiger partial charge in [-0.25, -0.2) is 19.2 Å². The Morgan fingerprint density at radius 3 is 1.57 bits per heavy atom. The number of aliphatic hydroxyl groups is 1. The molecule has 8 heteroatoms. The van der Waals surface area contributed by atoms with E-state index >= 15 is 0 Å². The maximum Gasteiger partial charge on any atom is 0.338 e. The third-order valence-electron chi connectivity index (χ3n) is 13.7. The minimum Gasteiger partial charge on any atom is -0.459 e. The van der Waals surface area contributed by atoms with E-state index in [-0.39, 0.29) is 18.1 Å². The van der Waals surface area contributed by atoms with Crippen LogP contribution in [0.5, 0.6) is 0 Å². The first kappa shape index (κ1) is 42.7. The zero-order valence-corrected chi connectivity index (χ0v) is 37.5. The molecule has 0 saturated heterocycles. The number of halogens is 1. The van der Waals surface area contributed by atoms with Crippen LogP contribution >= 0.6 is 0 Å². The Balaban J connectivity index is 1.14. The molecule has 5 heterocycles. The smallest absolute Gasteiger partial charge is 0.338 e. The molecule has 5 aromatic carbocycles. The van der Waals surface area contributed by atoms with Crippen LogP contribution in [0.25, 0.3) is 90.4 Å². The van der Waals surface area contributed by atoms with Gasteiger partial charge in [-0.05, 0) is 126 Å². The number of carbonyl (C=O) groups excluding carboxylic acids is 1. The van der Waals surface area contributed by atoms with Crippen molar-refractivity contribution < 1.29 is 19.0 Å². The molecule has 2 atom stereocenters. The van der Waals surface area contributed by atoms with Gasteiger partial charge in [-0.2, -0.15) is 0 Å². The van der Waals surface area contributed by atoms with Gasteiger partial charge in [0, 0.05) is 44.3 Å². The molecule has 8 aromatic rings. The van der Waals surface area contributed by atoms with E-state index in [1.54, 1.807) is 0 Å². The van der Waals surface area contributed by atoms with Crippen LogP contribution in [-0.2, 0) is 4.74 Å². The second-order valence-electron chi connectivity index (χ2n) is 17.9. The first-order valence-electron chi connectivity index (χ1n) is 23.4. The standard InChI is InChI=1S/C60H49FN4O3/c61-46-28-25-43(26-29-46)59(66)68-38-60(67)36-14-13-23-45(60)27-24-44-37-53-56(41-19-9-3-10-20-41)51-33-32-49(63-51)54(39-15-5-1-6-16-39)47-30-31-48(62-47)55(40-17-7-2-8-18-40)50-34-35-52(64-50)57(58(44)65-53)42-21-11-4-12-22-42/h1-12,15-22,25-26,28-35,37,45,63-64,67H,13-14,23-24,27,36,38H2/t45-,60-/m1/s1. The average molecular weight is 893 g/mol. The fourth-order valence-electron chi connectivity index (χ4n) is 10.3. The molecule has 7 nitrogen and oxygen atoms in total. The largest absolute Gasteiger partial charge is 0.459 e. The summed E-state index contributed by atoms with van der Waals surface area (Å²) in [5, 5.41) is 12.3. The Morgan fingerprint density at radius 1 is 0.588 bits per heavy atom. The molecule has 3 aliphatic rings. The summed E-state index contributed by atoms with van der Waals surface area (Å²) in [6.07, 6.45) is 10.8. The Labute approximate surface area is 394 Å². The maximum atomic E-state index is 13.7. The lowest BCUT2D eigenvalue weighted by Gasteiger charge is -2.39. The van der Waals surface area contributed by atoms with Gasteiger partial charge in [0.25, 0.3) is 0 Å². The van der Waals surface area contributed by atoms with Gasteiger partial charge in [0.2, 0.25) is 0 Å². The van der Waals surface area contributed by atoms with Crippen LogP contribution in [-0.4, -0.2) is 43.2 Å². The summed E-state index contributed by atoms with van der Waals surface area (Å²) in [6, 6.07) is 55.5. The molecule has 2 aliphatic heterocycles. The first-order chi connectivity index (χ1) is 33.4. The molecule has 68 heavy (non-hydrogen) atoms. The summed E-state index contributed by atoms with van der Waals surface area (Å²) in [5.41, 5.74) is 15.1. The summed E-state index contributed by atoms with van der Waals surface area (Å²) < 4.78 is 19.5. The van der Waals surface area contributed by atoms with Crippen molar-refractivity contribution in [2.24, 2.45) is 5.92 Å². The van der Waals surface area contributed by atoms with Gasteiger partial charge in [-0.3, -0.25) is 0 Å². The number of allylic oxidation sites excluding steroid dienone is 1. The summed E-state index contributed by atoms with van der Waals surface area (Å²) in [7, 11) is 0. The first-order valence-corrected chi connectivity index (χ1v) is 23.4. The zero-order valence-electron chi connectivity index (χ0n) is 37.5. The average Bonchev–Trinajstić information content (AvgIpc) is 4.23. The fraction of sp³-hybridized carbons (Fsp3) is 0.150.